The smallest absolute Gasteiger partial charge is 0.132 e. The van der Waals surface area contributed by atoms with E-state index in [1.165, 1.54) is 161 Å². The van der Waals surface area contributed by atoms with Gasteiger partial charge in [0.05, 0.1) is 0 Å². The van der Waals surface area contributed by atoms with Crippen molar-refractivity contribution in [1.29, 1.82) is 0 Å². The predicted octanol–water partition coefficient (Wildman–Crippen LogP) is 11.9. The van der Waals surface area contributed by atoms with Gasteiger partial charge in [-0.05, 0) is 12.8 Å². The van der Waals surface area contributed by atoms with Crippen LogP contribution < -0.4 is 0 Å². The molecule has 0 heterocycles. The van der Waals surface area contributed by atoms with Crippen LogP contribution >= 0.6 is 0 Å². The van der Waals surface area contributed by atoms with Crippen LogP contribution in [0.25, 0.3) is 0 Å². The van der Waals surface area contributed by atoms with E-state index in [-0.39, 0.29) is 0 Å². The van der Waals surface area contributed by atoms with Crippen molar-refractivity contribution in [2.75, 3.05) is 0 Å². The van der Waals surface area contributed by atoms with Gasteiger partial charge in [0, 0.05) is 12.8 Å². The van der Waals surface area contributed by atoms with Crippen molar-refractivity contribution in [3.05, 3.63) is 0 Å². The summed E-state index contributed by atoms with van der Waals surface area (Å²) >= 11 is 0. The lowest BCUT2D eigenvalue weighted by Gasteiger charge is -2.04. The zero-order chi connectivity index (χ0) is 24.1. The number of hydrogen-bond acceptors (Lipinski definition) is 1. The van der Waals surface area contributed by atoms with Crippen LogP contribution in [0.1, 0.15) is 200 Å². The van der Waals surface area contributed by atoms with Crippen LogP contribution in [0.4, 0.5) is 0 Å². The normalized spacial score (nSPS) is 11.3. The Balaban J connectivity index is 3.13. The summed E-state index contributed by atoms with van der Waals surface area (Å²) in [5.74, 6) is 0.524. The summed E-state index contributed by atoms with van der Waals surface area (Å²) in [5, 5.41) is 0. The SMILES string of the molecule is CCCCCCCCCCCCCCCCCCC(=O)CCCCCCCCCCCCC. The molecule has 0 aliphatic heterocycles. The minimum atomic E-state index is 0.524. The Bertz CT molecular complexity index is 362. The standard InChI is InChI=1S/C32H64O/c1-3-5-7-9-11-13-15-16-17-18-19-21-23-25-27-29-31-32(33)30-28-26-24-22-20-14-12-10-8-6-4-2/h3-31H2,1-2H3. The molecule has 0 bridgehead atoms. The first-order valence-corrected chi connectivity index (χ1v) is 15.8. The molecular weight excluding hydrogens is 400 g/mol. The van der Waals surface area contributed by atoms with E-state index in [1.54, 1.807) is 0 Å². The summed E-state index contributed by atoms with van der Waals surface area (Å²) in [4.78, 5) is 12.1. The average Bonchev–Trinajstić information content (AvgIpc) is 2.82. The zero-order valence-corrected chi connectivity index (χ0v) is 23.4. The highest BCUT2D eigenvalue weighted by Crippen LogP contribution is 2.15. The van der Waals surface area contributed by atoms with Gasteiger partial charge in [-0.2, -0.15) is 0 Å². The second-order valence-electron chi connectivity index (χ2n) is 10.9. The second kappa shape index (κ2) is 29.7. The molecule has 0 spiro atoms. The Kier molecular flexibility index (Phi) is 29.4. The molecule has 0 fully saturated rings. The van der Waals surface area contributed by atoms with Crippen LogP contribution in [-0.2, 0) is 4.79 Å². The molecule has 0 unspecified atom stereocenters. The molecule has 0 rings (SSSR count). The van der Waals surface area contributed by atoms with E-state index in [1.807, 2.05) is 0 Å². The molecule has 1 nitrogen and oxygen atoms in total. The highest BCUT2D eigenvalue weighted by atomic mass is 16.1. The van der Waals surface area contributed by atoms with Crippen LogP contribution in [0.3, 0.4) is 0 Å². The summed E-state index contributed by atoms with van der Waals surface area (Å²) in [7, 11) is 0. The van der Waals surface area contributed by atoms with E-state index in [2.05, 4.69) is 13.8 Å². The van der Waals surface area contributed by atoms with E-state index in [9.17, 15) is 4.79 Å². The number of Topliss-reactive ketones (excluding diaryl/α,β-unsaturated/α-hetero) is 1. The third-order valence-corrected chi connectivity index (χ3v) is 7.37. The molecule has 33 heavy (non-hydrogen) atoms. The number of rotatable bonds is 29. The minimum absolute atomic E-state index is 0.524. The molecule has 0 radical (unpaired) electrons. The number of hydrogen-bond donors (Lipinski definition) is 0. The van der Waals surface area contributed by atoms with Crippen LogP contribution in [-0.4, -0.2) is 5.78 Å². The maximum atomic E-state index is 12.1. The Morgan fingerprint density at radius 1 is 0.303 bits per heavy atom. The molecule has 0 aromatic heterocycles. The molecule has 0 N–H and O–H groups in total. The molecule has 0 saturated heterocycles. The molecule has 0 aromatic carbocycles. The molecule has 0 aliphatic rings. The summed E-state index contributed by atoms with van der Waals surface area (Å²) in [6.07, 6.45) is 39.0. The Hall–Kier alpha value is -0.330. The summed E-state index contributed by atoms with van der Waals surface area (Å²) in [5.41, 5.74) is 0. The Morgan fingerprint density at radius 2 is 0.485 bits per heavy atom. The van der Waals surface area contributed by atoms with E-state index in [0.29, 0.717) is 5.78 Å². The first kappa shape index (κ1) is 32.7. The van der Waals surface area contributed by atoms with Crippen LogP contribution in [0.2, 0.25) is 0 Å². The fourth-order valence-electron chi connectivity index (χ4n) is 4.98. The van der Waals surface area contributed by atoms with E-state index in [4.69, 9.17) is 0 Å². The number of unbranched alkanes of at least 4 members (excludes halogenated alkanes) is 25. The van der Waals surface area contributed by atoms with Crippen LogP contribution in [0, 0.1) is 0 Å². The molecule has 0 aromatic rings. The average molecular weight is 465 g/mol. The number of ketones is 1. The van der Waals surface area contributed by atoms with Gasteiger partial charge < -0.3 is 0 Å². The van der Waals surface area contributed by atoms with Crippen molar-refractivity contribution in [3.8, 4) is 0 Å². The van der Waals surface area contributed by atoms with Gasteiger partial charge >= 0.3 is 0 Å². The van der Waals surface area contributed by atoms with Crippen molar-refractivity contribution in [3.63, 3.8) is 0 Å². The fourth-order valence-corrected chi connectivity index (χ4v) is 4.98. The summed E-state index contributed by atoms with van der Waals surface area (Å²) in [6.45, 7) is 4.58. The lowest BCUT2D eigenvalue weighted by Crippen LogP contribution is -1.97. The van der Waals surface area contributed by atoms with E-state index < -0.39 is 0 Å². The van der Waals surface area contributed by atoms with Gasteiger partial charge in [-0.25, -0.2) is 0 Å². The fraction of sp³-hybridized carbons (Fsp3) is 0.969. The maximum Gasteiger partial charge on any atom is 0.132 e. The first-order chi connectivity index (χ1) is 16.3. The van der Waals surface area contributed by atoms with Gasteiger partial charge in [0.1, 0.15) is 5.78 Å². The second-order valence-corrected chi connectivity index (χ2v) is 10.9. The van der Waals surface area contributed by atoms with Gasteiger partial charge in [0.25, 0.3) is 0 Å². The topological polar surface area (TPSA) is 17.1 Å². The number of carbonyl (C=O) groups is 1. The molecule has 0 atom stereocenters. The van der Waals surface area contributed by atoms with Crippen molar-refractivity contribution in [1.82, 2.24) is 0 Å². The predicted molar refractivity (Wildman–Crippen MR) is 150 cm³/mol. The van der Waals surface area contributed by atoms with Crippen molar-refractivity contribution in [2.24, 2.45) is 0 Å². The Labute approximate surface area is 210 Å². The lowest BCUT2D eigenvalue weighted by molar-refractivity contribution is -0.119. The quantitative estimate of drug-likeness (QED) is 0.101. The molecule has 0 amide bonds. The minimum Gasteiger partial charge on any atom is -0.300 e. The highest BCUT2D eigenvalue weighted by Gasteiger charge is 2.02. The van der Waals surface area contributed by atoms with Crippen molar-refractivity contribution < 1.29 is 4.79 Å². The molecule has 0 saturated carbocycles. The van der Waals surface area contributed by atoms with Crippen LogP contribution in [0.5, 0.6) is 0 Å². The molecular formula is C32H64O. The molecule has 198 valence electrons. The van der Waals surface area contributed by atoms with Crippen molar-refractivity contribution >= 4 is 5.78 Å². The molecule has 1 heteroatoms. The third-order valence-electron chi connectivity index (χ3n) is 7.37. The Morgan fingerprint density at radius 3 is 0.697 bits per heavy atom. The van der Waals surface area contributed by atoms with Gasteiger partial charge in [0.15, 0.2) is 0 Å². The maximum absolute atomic E-state index is 12.1. The first-order valence-electron chi connectivity index (χ1n) is 15.8. The zero-order valence-electron chi connectivity index (χ0n) is 23.4. The summed E-state index contributed by atoms with van der Waals surface area (Å²) in [6, 6.07) is 0. The van der Waals surface area contributed by atoms with E-state index >= 15 is 0 Å². The van der Waals surface area contributed by atoms with Crippen LogP contribution in [0.15, 0.2) is 0 Å². The van der Waals surface area contributed by atoms with E-state index in [0.717, 1.165) is 25.7 Å². The van der Waals surface area contributed by atoms with Crippen molar-refractivity contribution in [2.45, 2.75) is 200 Å². The lowest BCUT2D eigenvalue weighted by atomic mass is 10.0. The monoisotopic (exact) mass is 464 g/mol. The van der Waals surface area contributed by atoms with Gasteiger partial charge in [0.2, 0.25) is 0 Å². The number of carbonyl (C=O) groups excluding carboxylic acids is 1. The van der Waals surface area contributed by atoms with Gasteiger partial charge in [-0.1, -0.05) is 174 Å². The molecule has 0 aliphatic carbocycles. The third kappa shape index (κ3) is 29.6. The highest BCUT2D eigenvalue weighted by molar-refractivity contribution is 5.78. The van der Waals surface area contributed by atoms with Gasteiger partial charge in [-0.15, -0.1) is 0 Å². The largest absolute Gasteiger partial charge is 0.300 e. The van der Waals surface area contributed by atoms with Gasteiger partial charge in [-0.3, -0.25) is 4.79 Å². The summed E-state index contributed by atoms with van der Waals surface area (Å²) < 4.78 is 0.